The molecular weight excluding hydrogens is 761 g/mol. The van der Waals surface area contributed by atoms with Gasteiger partial charge in [-0.2, -0.15) is 0 Å². The van der Waals surface area contributed by atoms with Gasteiger partial charge >= 0.3 is 25.8 Å². The van der Waals surface area contributed by atoms with E-state index in [1.54, 1.807) is 41.5 Å². The minimum Gasteiger partial charge on any atom is -0.458 e. The van der Waals surface area contributed by atoms with E-state index in [-0.39, 0.29) is 49.3 Å². The molecule has 5 fully saturated rings. The van der Waals surface area contributed by atoms with E-state index in [0.29, 0.717) is 45.1 Å². The number of esters is 2. The van der Waals surface area contributed by atoms with Gasteiger partial charge in [0.2, 0.25) is 5.91 Å². The topological polar surface area (TPSA) is 205 Å². The molecule has 2 saturated carbocycles. The zero-order valence-corrected chi connectivity index (χ0v) is 36.1. The third-order valence-electron chi connectivity index (χ3n) is 12.9. The summed E-state index contributed by atoms with van der Waals surface area (Å²) < 4.78 is 64.8. The predicted octanol–water partition coefficient (Wildman–Crippen LogP) is 4.77. The largest absolute Gasteiger partial charge is 0.458 e. The van der Waals surface area contributed by atoms with Gasteiger partial charge in [0.25, 0.3) is 0 Å². The van der Waals surface area contributed by atoms with Crippen LogP contribution in [-0.4, -0.2) is 108 Å². The number of carbonyl (C=O) groups excluding carboxylic acids is 4. The van der Waals surface area contributed by atoms with Crippen molar-refractivity contribution in [2.75, 3.05) is 19.8 Å². The van der Waals surface area contributed by atoms with Crippen LogP contribution >= 0.6 is 7.75 Å². The Labute approximate surface area is 335 Å². The second-order valence-electron chi connectivity index (χ2n) is 19.4. The highest BCUT2D eigenvalue weighted by atomic mass is 31.2. The summed E-state index contributed by atoms with van der Waals surface area (Å²) in [5.74, 6) is -1.57. The fourth-order valence-corrected chi connectivity index (χ4v) is 12.0. The van der Waals surface area contributed by atoms with E-state index in [1.807, 2.05) is 13.8 Å². The third-order valence-corrected chi connectivity index (χ3v) is 14.6. The van der Waals surface area contributed by atoms with Crippen LogP contribution in [0.4, 0.5) is 4.79 Å². The first-order valence-corrected chi connectivity index (χ1v) is 22.1. The average Bonchev–Trinajstić information content (AvgIpc) is 4.01. The molecule has 3 aliphatic carbocycles. The quantitative estimate of drug-likeness (QED) is 0.0670. The van der Waals surface area contributed by atoms with E-state index >= 15 is 4.57 Å². The zero-order valence-electron chi connectivity index (χ0n) is 35.2. The molecule has 0 aromatic rings. The average molecular weight is 824 g/mol. The highest BCUT2D eigenvalue weighted by Crippen LogP contribution is 2.84. The van der Waals surface area contributed by atoms with Crippen LogP contribution < -0.4 is 15.7 Å². The third kappa shape index (κ3) is 7.16. The van der Waals surface area contributed by atoms with Crippen LogP contribution in [0.15, 0.2) is 11.1 Å². The summed E-state index contributed by atoms with van der Waals surface area (Å²) >= 11 is 0. The van der Waals surface area contributed by atoms with E-state index in [2.05, 4.69) is 22.6 Å². The van der Waals surface area contributed by atoms with Crippen LogP contribution in [0.1, 0.15) is 115 Å². The predicted molar refractivity (Wildman–Crippen MR) is 204 cm³/mol. The van der Waals surface area contributed by atoms with Gasteiger partial charge < -0.3 is 39.1 Å². The lowest BCUT2D eigenvalue weighted by atomic mass is 9.46. The molecule has 2 amide bonds. The lowest BCUT2D eigenvalue weighted by Crippen LogP contribution is -2.69. The van der Waals surface area contributed by atoms with Crippen molar-refractivity contribution in [2.45, 2.75) is 179 Å². The molecule has 16 nitrogen and oxygen atoms in total. The lowest BCUT2D eigenvalue weighted by Gasteiger charge is -2.54. The molecule has 4 unspecified atom stereocenters. The Hall–Kier alpha value is -2.59. The van der Waals surface area contributed by atoms with Crippen molar-refractivity contribution in [1.29, 1.82) is 0 Å². The van der Waals surface area contributed by atoms with Gasteiger partial charge in [0, 0.05) is 17.5 Å². The van der Waals surface area contributed by atoms with Gasteiger partial charge in [-0.3, -0.25) is 13.8 Å². The van der Waals surface area contributed by atoms with Crippen LogP contribution in [-0.2, 0) is 56.4 Å². The van der Waals surface area contributed by atoms with Gasteiger partial charge in [0.15, 0.2) is 5.60 Å². The van der Waals surface area contributed by atoms with Crippen molar-refractivity contribution in [3.05, 3.63) is 11.1 Å². The highest BCUT2D eigenvalue weighted by molar-refractivity contribution is 7.51. The van der Waals surface area contributed by atoms with E-state index in [9.17, 15) is 19.2 Å². The molecule has 3 saturated heterocycles. The summed E-state index contributed by atoms with van der Waals surface area (Å²) in [6, 6.07) is -2.11. The van der Waals surface area contributed by atoms with E-state index in [1.165, 1.54) is 13.8 Å². The molecule has 0 aromatic carbocycles. The fourth-order valence-electron chi connectivity index (χ4n) is 10.2. The van der Waals surface area contributed by atoms with Gasteiger partial charge in [-0.05, 0) is 111 Å². The minimum absolute atomic E-state index is 0.00839. The molecule has 4 aliphatic heterocycles. The molecule has 17 heteroatoms. The molecule has 320 valence electrons. The van der Waals surface area contributed by atoms with Crippen molar-refractivity contribution in [3.8, 4) is 0 Å². The van der Waals surface area contributed by atoms with Crippen molar-refractivity contribution in [3.63, 3.8) is 0 Å². The Kier molecular flexibility index (Phi) is 10.6. The number of ether oxygens (including phenoxy) is 6. The number of alkyl carbamates (subject to hydrolysis) is 1. The first-order valence-electron chi connectivity index (χ1n) is 20.6. The summed E-state index contributed by atoms with van der Waals surface area (Å²) in [4.78, 5) is 51.0. The highest BCUT2D eigenvalue weighted by Gasteiger charge is 3.01. The summed E-state index contributed by atoms with van der Waals surface area (Å²) in [5, 5.41) is 8.28. The van der Waals surface area contributed by atoms with E-state index < -0.39 is 77.3 Å². The van der Waals surface area contributed by atoms with Crippen LogP contribution in [0, 0.1) is 17.3 Å². The molecule has 0 aromatic heterocycles. The second-order valence-corrected chi connectivity index (χ2v) is 21.1. The van der Waals surface area contributed by atoms with Crippen molar-refractivity contribution in [2.24, 2.45) is 17.3 Å². The fraction of sp³-hybridized carbons (Fsp3) is 0.850. The van der Waals surface area contributed by atoms with Gasteiger partial charge in [0.05, 0.1) is 18.8 Å². The number of hydrogen-bond acceptors (Lipinski definition) is 13. The van der Waals surface area contributed by atoms with Crippen LogP contribution in [0.3, 0.4) is 0 Å². The molecule has 4 heterocycles. The molecule has 0 radical (unpaired) electrons. The Morgan fingerprint density at radius 1 is 0.930 bits per heavy atom. The standard InChI is InChI=1S/C40H62N3O13P/c1-21(2)38-28(52-38)29-40(53-29)37(11)16-15-24-25(20-49-32(24)46)26(37)19-27-39(40,51-27)33(38)56-57(48,50-18-14-12-13-17-41-34(47)55-36(8,9)10)43-22(3)30(44)42-23(4)31(45)54-35(5,6)7/h21-23,26-29,33H,12-20H2,1-11H3,(H,41,47)(H,42,44)(H,43,48)/t22?,23?,26?,27-,28-,29-,33+,37-,38-,39+,40+,57?/m0/s1. The monoisotopic (exact) mass is 823 g/mol. The lowest BCUT2D eigenvalue weighted by molar-refractivity contribution is -0.158. The Morgan fingerprint density at radius 2 is 1.63 bits per heavy atom. The van der Waals surface area contributed by atoms with Gasteiger partial charge in [0.1, 0.15) is 53.4 Å². The number of unbranched alkanes of at least 4 members (excludes halogenated alkanes) is 2. The number of nitrogens with one attached hydrogen (secondary N) is 3. The maximum atomic E-state index is 15.2. The molecule has 7 aliphatic rings. The summed E-state index contributed by atoms with van der Waals surface area (Å²) in [6.07, 6.45) is 1.19. The molecule has 0 bridgehead atoms. The van der Waals surface area contributed by atoms with Crippen molar-refractivity contribution in [1.82, 2.24) is 15.7 Å². The summed E-state index contributed by atoms with van der Waals surface area (Å²) in [6.45, 7) is 20.6. The number of epoxide rings is 3. The molecule has 57 heavy (non-hydrogen) atoms. The Bertz CT molecular complexity index is 1760. The van der Waals surface area contributed by atoms with E-state index in [0.717, 1.165) is 11.1 Å². The SMILES string of the molecule is CC(NP(=O)(OCCCCCNC(=O)OC(C)(C)C)O[C@@H]1[C@@]2(C(C)C)O[C@H]2[C@@H]2O[C@]23[C@]12O[C@H]2CC1C2=C(CC[C@@]13C)C(=O)OC2)C(=O)NC(C)C(=O)OC(C)(C)C. The number of rotatable bonds is 15. The molecule has 12 atom stereocenters. The molecule has 7 rings (SSSR count). The summed E-state index contributed by atoms with van der Waals surface area (Å²) in [5.41, 5.74) is -2.79. The molecule has 3 N–H and O–H groups in total. The molecule has 2 spiro atoms. The van der Waals surface area contributed by atoms with E-state index in [4.69, 9.17) is 37.5 Å². The number of carbonyl (C=O) groups is 4. The summed E-state index contributed by atoms with van der Waals surface area (Å²) in [7, 11) is -4.37. The normalized spacial score (nSPS) is 37.8. The van der Waals surface area contributed by atoms with Gasteiger partial charge in [-0.15, -0.1) is 0 Å². The Morgan fingerprint density at radius 3 is 2.30 bits per heavy atom. The van der Waals surface area contributed by atoms with Crippen LogP contribution in [0.25, 0.3) is 0 Å². The first-order chi connectivity index (χ1) is 26.4. The number of amides is 2. The number of cyclic esters (lactones) is 1. The Balaban J connectivity index is 1.11. The minimum atomic E-state index is -4.37. The number of fused-ring (bicyclic) bond motifs is 4. The molecular formula is C40H62N3O13P. The van der Waals surface area contributed by atoms with Crippen LogP contribution in [0.5, 0.6) is 0 Å². The van der Waals surface area contributed by atoms with Gasteiger partial charge in [-0.25, -0.2) is 24.0 Å². The van der Waals surface area contributed by atoms with Crippen molar-refractivity contribution >= 4 is 31.7 Å². The zero-order chi connectivity index (χ0) is 41.7. The maximum absolute atomic E-state index is 15.2. The van der Waals surface area contributed by atoms with Crippen LogP contribution in [0.2, 0.25) is 0 Å². The second kappa shape index (κ2) is 14.3. The van der Waals surface area contributed by atoms with Gasteiger partial charge in [-0.1, -0.05) is 20.8 Å². The smallest absolute Gasteiger partial charge is 0.407 e. The number of hydrogen-bond donors (Lipinski definition) is 3. The maximum Gasteiger partial charge on any atom is 0.407 e. The first kappa shape index (κ1) is 42.5. The van der Waals surface area contributed by atoms with Crippen molar-refractivity contribution < 1.29 is 61.2 Å².